The summed E-state index contributed by atoms with van der Waals surface area (Å²) in [5, 5.41) is 18.8. The van der Waals surface area contributed by atoms with Crippen molar-refractivity contribution in [3.05, 3.63) is 39.9 Å². The molecule has 0 aromatic heterocycles. The van der Waals surface area contributed by atoms with Gasteiger partial charge in [0.1, 0.15) is 0 Å². The van der Waals surface area contributed by atoms with Gasteiger partial charge in [-0.3, -0.25) is 10.1 Å². The van der Waals surface area contributed by atoms with Gasteiger partial charge in [0, 0.05) is 12.1 Å². The van der Waals surface area contributed by atoms with Crippen molar-refractivity contribution in [2.45, 2.75) is 6.61 Å². The van der Waals surface area contributed by atoms with Crippen LogP contribution in [0.25, 0.3) is 0 Å². The van der Waals surface area contributed by atoms with Crippen molar-refractivity contribution in [2.24, 2.45) is 0 Å². The fourth-order valence-corrected chi connectivity index (χ4v) is 0.768. The predicted octanol–water partition coefficient (Wildman–Crippen LogP) is -1.80. The van der Waals surface area contributed by atoms with Crippen LogP contribution in [0.4, 0.5) is 5.69 Å². The Morgan fingerprint density at radius 3 is 2.75 bits per heavy atom. The molecule has 1 aromatic rings. The van der Waals surface area contributed by atoms with E-state index in [9.17, 15) is 10.1 Å². The maximum atomic E-state index is 10.2. The number of nitro benzene ring substituents is 1. The van der Waals surface area contributed by atoms with Gasteiger partial charge in [0.2, 0.25) is 0 Å². The van der Waals surface area contributed by atoms with E-state index in [0.717, 1.165) is 0 Å². The molecule has 0 aliphatic heterocycles. The average molecular weight is 177 g/mol. The first-order chi connectivity index (χ1) is 5.24. The molecule has 4 nitrogen and oxygen atoms in total. The summed E-state index contributed by atoms with van der Waals surface area (Å²) in [5.74, 6) is 0. The quantitative estimate of drug-likeness (QED) is 0.329. The third-order valence-corrected chi connectivity index (χ3v) is 1.30. The van der Waals surface area contributed by atoms with Crippen molar-refractivity contribution in [3.63, 3.8) is 0 Å². The molecule has 0 saturated carbocycles. The summed E-state index contributed by atoms with van der Waals surface area (Å²) in [7, 11) is 0. The summed E-state index contributed by atoms with van der Waals surface area (Å²) in [4.78, 5) is 9.71. The third-order valence-electron chi connectivity index (χ3n) is 1.30. The minimum atomic E-state index is -0.487. The van der Waals surface area contributed by atoms with E-state index in [1.165, 1.54) is 12.1 Å². The summed E-state index contributed by atoms with van der Waals surface area (Å²) < 4.78 is 0. The molecule has 1 N–H and O–H groups in total. The zero-order valence-corrected chi connectivity index (χ0v) is 8.73. The molecule has 0 fully saturated rings. The Hall–Kier alpha value is -0.420. The van der Waals surface area contributed by atoms with E-state index in [0.29, 0.717) is 5.56 Å². The Balaban J connectivity index is 0. The molecule has 0 unspecified atom stereocenters. The molecule has 0 atom stereocenters. The molecular weight excluding hydrogens is 169 g/mol. The van der Waals surface area contributed by atoms with Crippen LogP contribution in [-0.2, 0) is 6.61 Å². The molecule has 1 rings (SSSR count). The van der Waals surface area contributed by atoms with Crippen molar-refractivity contribution in [2.75, 3.05) is 0 Å². The van der Waals surface area contributed by atoms with Crippen LogP contribution in [0.1, 0.15) is 6.99 Å². The van der Waals surface area contributed by atoms with Crippen LogP contribution >= 0.6 is 0 Å². The van der Waals surface area contributed by atoms with Crippen molar-refractivity contribution in [1.82, 2.24) is 0 Å². The molecule has 12 heavy (non-hydrogen) atoms. The number of nitrogens with zero attached hydrogens (tertiary/aromatic N) is 1. The number of hydrogen-bond acceptors (Lipinski definition) is 3. The molecule has 0 aliphatic rings. The van der Waals surface area contributed by atoms with Crippen LogP contribution in [-0.4, -0.2) is 10.0 Å². The summed E-state index contributed by atoms with van der Waals surface area (Å²) in [6, 6.07) is 5.91. The van der Waals surface area contributed by atoms with Gasteiger partial charge in [0.25, 0.3) is 5.69 Å². The predicted molar refractivity (Wildman–Crippen MR) is 40.1 cm³/mol. The minimum Gasteiger partial charge on any atom is -1.00 e. The molecule has 5 heteroatoms. The monoisotopic (exact) mass is 177 g/mol. The van der Waals surface area contributed by atoms with E-state index in [-0.39, 0.29) is 43.3 Å². The van der Waals surface area contributed by atoms with E-state index in [1.807, 2.05) is 0 Å². The van der Waals surface area contributed by atoms with E-state index in [1.54, 1.807) is 12.1 Å². The molecule has 0 bridgehead atoms. The van der Waals surface area contributed by atoms with Gasteiger partial charge in [-0.25, -0.2) is 0 Å². The Morgan fingerprint density at radius 2 is 2.25 bits per heavy atom. The minimum absolute atomic E-state index is 0. The first-order valence-electron chi connectivity index (χ1n) is 3.08. The fraction of sp³-hybridized carbons (Fsp3) is 0.143. The van der Waals surface area contributed by atoms with Crippen LogP contribution in [0.3, 0.4) is 0 Å². The smallest absolute Gasteiger partial charge is 1.00 e. The average Bonchev–Trinajstić information content (AvgIpc) is 2.05. The molecule has 0 spiro atoms. The normalized spacial score (nSPS) is 8.75. The number of nitro groups is 1. The largest absolute Gasteiger partial charge is 1.00 e. The Bertz CT molecular complexity index is 282. The van der Waals surface area contributed by atoms with Gasteiger partial charge in [0.15, 0.2) is 0 Å². The molecule has 0 aliphatic carbocycles. The standard InChI is InChI=1S/C7H7NO3.Na.H/c9-5-6-2-1-3-7(4-6)8(10)11;;/h1-4,9H,5H2;;/q;+1;-1. The molecule has 0 heterocycles. The van der Waals surface area contributed by atoms with E-state index >= 15 is 0 Å². The molecule has 0 amide bonds. The number of aliphatic hydroxyl groups is 1. The topological polar surface area (TPSA) is 63.4 Å². The van der Waals surface area contributed by atoms with Crippen LogP contribution in [0.2, 0.25) is 0 Å². The first-order valence-corrected chi connectivity index (χ1v) is 3.08. The Morgan fingerprint density at radius 1 is 1.58 bits per heavy atom. The molecule has 0 radical (unpaired) electrons. The van der Waals surface area contributed by atoms with Gasteiger partial charge in [-0.2, -0.15) is 0 Å². The van der Waals surface area contributed by atoms with Crippen LogP contribution in [0.5, 0.6) is 0 Å². The molecule has 1 aromatic carbocycles. The number of non-ortho nitro benzene ring substituents is 1. The Kier molecular flexibility index (Phi) is 5.08. The van der Waals surface area contributed by atoms with Gasteiger partial charge in [-0.15, -0.1) is 0 Å². The zero-order chi connectivity index (χ0) is 8.27. The van der Waals surface area contributed by atoms with Gasteiger partial charge < -0.3 is 6.53 Å². The van der Waals surface area contributed by atoms with E-state index < -0.39 is 4.92 Å². The van der Waals surface area contributed by atoms with Crippen LogP contribution < -0.4 is 29.6 Å². The second-order valence-corrected chi connectivity index (χ2v) is 2.09. The fourth-order valence-electron chi connectivity index (χ4n) is 0.768. The van der Waals surface area contributed by atoms with Gasteiger partial charge in [-0.1, -0.05) is 12.1 Å². The van der Waals surface area contributed by atoms with Crippen LogP contribution in [0, 0.1) is 10.1 Å². The van der Waals surface area contributed by atoms with Crippen molar-refractivity contribution < 1.29 is 41.0 Å². The molecule has 60 valence electrons. The summed E-state index contributed by atoms with van der Waals surface area (Å²) in [6.45, 7) is -0.165. The van der Waals surface area contributed by atoms with Gasteiger partial charge in [0.05, 0.1) is 11.5 Å². The number of rotatable bonds is 2. The Labute approximate surface area is 93.1 Å². The second kappa shape index (κ2) is 5.27. The SMILES string of the molecule is O=[N+]([O-])c1cccc(CO)c1.[H-].[Na+]. The van der Waals surface area contributed by atoms with Crippen molar-refractivity contribution in [3.8, 4) is 0 Å². The van der Waals surface area contributed by atoms with Gasteiger partial charge in [-0.05, 0) is 5.56 Å². The van der Waals surface area contributed by atoms with Gasteiger partial charge >= 0.3 is 29.6 Å². The maximum Gasteiger partial charge on any atom is 1.00 e. The van der Waals surface area contributed by atoms with Crippen molar-refractivity contribution >= 4 is 5.69 Å². The molecule has 0 saturated heterocycles. The second-order valence-electron chi connectivity index (χ2n) is 2.09. The zero-order valence-electron chi connectivity index (χ0n) is 7.73. The number of benzene rings is 1. The van der Waals surface area contributed by atoms with Crippen LogP contribution in [0.15, 0.2) is 24.3 Å². The first kappa shape index (κ1) is 11.6. The van der Waals surface area contributed by atoms with E-state index in [2.05, 4.69) is 0 Å². The third kappa shape index (κ3) is 2.91. The molecular formula is C7H8NNaO3. The summed E-state index contributed by atoms with van der Waals surface area (Å²) >= 11 is 0. The van der Waals surface area contributed by atoms with E-state index in [4.69, 9.17) is 5.11 Å². The summed E-state index contributed by atoms with van der Waals surface area (Å²) in [6.07, 6.45) is 0. The maximum absolute atomic E-state index is 10.2. The number of aliphatic hydroxyl groups excluding tert-OH is 1. The van der Waals surface area contributed by atoms with Crippen molar-refractivity contribution in [1.29, 1.82) is 0 Å². The summed E-state index contributed by atoms with van der Waals surface area (Å²) in [5.41, 5.74) is 0.566. The number of hydrogen-bond donors (Lipinski definition) is 1.